The molecule has 2 aromatic carbocycles. The molecule has 178 valence electrons. The van der Waals surface area contributed by atoms with Gasteiger partial charge in [0.25, 0.3) is 11.8 Å². The van der Waals surface area contributed by atoms with Crippen molar-refractivity contribution in [3.8, 4) is 11.5 Å². The van der Waals surface area contributed by atoms with Gasteiger partial charge in [-0.05, 0) is 80.8 Å². The van der Waals surface area contributed by atoms with Crippen molar-refractivity contribution in [2.24, 2.45) is 0 Å². The summed E-state index contributed by atoms with van der Waals surface area (Å²) in [6, 6.07) is 11.4. The highest BCUT2D eigenvalue weighted by atomic mass is 32.2. The molecule has 0 unspecified atom stereocenters. The van der Waals surface area contributed by atoms with Gasteiger partial charge in [-0.25, -0.2) is 4.39 Å². The number of amides is 2. The second-order valence-corrected chi connectivity index (χ2v) is 8.90. The van der Waals surface area contributed by atoms with Gasteiger partial charge >= 0.3 is 0 Å². The number of ether oxygens (including phenoxy) is 2. The summed E-state index contributed by atoms with van der Waals surface area (Å²) >= 11 is 1.62. The number of piperidine rings is 1. The van der Waals surface area contributed by atoms with E-state index in [-0.39, 0.29) is 24.2 Å². The Balaban J connectivity index is 1.46. The molecule has 33 heavy (non-hydrogen) atoms. The monoisotopic (exact) mass is 474 g/mol. The average Bonchev–Trinajstić information content (AvgIpc) is 2.84. The zero-order valence-electron chi connectivity index (χ0n) is 19.0. The average molecular weight is 475 g/mol. The first kappa shape index (κ1) is 24.9. The van der Waals surface area contributed by atoms with Crippen molar-refractivity contribution in [1.29, 1.82) is 0 Å². The zero-order valence-corrected chi connectivity index (χ0v) is 19.8. The molecule has 8 heteroatoms. The summed E-state index contributed by atoms with van der Waals surface area (Å²) in [5.41, 5.74) is 0.472. The highest BCUT2D eigenvalue weighted by molar-refractivity contribution is 7.99. The Morgan fingerprint density at radius 3 is 2.52 bits per heavy atom. The topological polar surface area (TPSA) is 67.9 Å². The molecule has 2 aromatic rings. The zero-order chi connectivity index (χ0) is 23.5. The van der Waals surface area contributed by atoms with E-state index in [1.807, 2.05) is 11.8 Å². The molecule has 0 spiro atoms. The van der Waals surface area contributed by atoms with E-state index >= 15 is 0 Å². The first-order valence-electron chi connectivity index (χ1n) is 11.4. The summed E-state index contributed by atoms with van der Waals surface area (Å²) in [7, 11) is 0. The van der Waals surface area contributed by atoms with Crippen molar-refractivity contribution < 1.29 is 23.5 Å². The first-order chi connectivity index (χ1) is 16.1. The minimum atomic E-state index is -0.247. The van der Waals surface area contributed by atoms with E-state index in [0.717, 1.165) is 49.4 Å². The molecular formula is C25H31FN2O4S. The van der Waals surface area contributed by atoms with Crippen molar-refractivity contribution in [2.45, 2.75) is 37.5 Å². The van der Waals surface area contributed by atoms with Crippen LogP contribution in [0.3, 0.4) is 0 Å². The Labute approximate surface area is 198 Å². The molecule has 2 amide bonds. The standard InChI is InChI=1S/C25H31FN2O4S/c1-2-31-23-17-19(7-12-22(23)32-18-24(29)28-14-4-3-5-15-28)25(30)27-13-6-16-33-21-10-8-20(26)9-11-21/h7-12,17H,2-6,13-16,18H2,1H3,(H,27,30). The number of hydrogen-bond donors (Lipinski definition) is 1. The van der Waals surface area contributed by atoms with Gasteiger partial charge in [-0.2, -0.15) is 0 Å². The van der Waals surface area contributed by atoms with E-state index in [2.05, 4.69) is 5.32 Å². The lowest BCUT2D eigenvalue weighted by atomic mass is 10.1. The van der Waals surface area contributed by atoms with Crippen LogP contribution in [-0.4, -0.2) is 55.3 Å². The molecule has 0 atom stereocenters. The second-order valence-electron chi connectivity index (χ2n) is 7.74. The van der Waals surface area contributed by atoms with Gasteiger partial charge in [0.1, 0.15) is 5.82 Å². The van der Waals surface area contributed by atoms with Crippen LogP contribution in [0.1, 0.15) is 43.0 Å². The lowest BCUT2D eigenvalue weighted by Crippen LogP contribution is -2.38. The van der Waals surface area contributed by atoms with Crippen molar-refractivity contribution in [3.63, 3.8) is 0 Å². The maximum atomic E-state index is 12.9. The molecule has 0 aliphatic carbocycles. The Hall–Kier alpha value is -2.74. The van der Waals surface area contributed by atoms with Crippen LogP contribution >= 0.6 is 11.8 Å². The molecule has 1 heterocycles. The van der Waals surface area contributed by atoms with Crippen LogP contribution in [0.2, 0.25) is 0 Å². The van der Waals surface area contributed by atoms with Gasteiger partial charge in [-0.15, -0.1) is 11.8 Å². The predicted octanol–water partition coefficient (Wildman–Crippen LogP) is 4.53. The second kappa shape index (κ2) is 13.1. The minimum absolute atomic E-state index is 0.0301. The van der Waals surface area contributed by atoms with E-state index in [0.29, 0.717) is 30.2 Å². The van der Waals surface area contributed by atoms with Gasteiger partial charge < -0.3 is 19.7 Å². The molecule has 0 aromatic heterocycles. The molecular weight excluding hydrogens is 443 g/mol. The maximum Gasteiger partial charge on any atom is 0.260 e. The largest absolute Gasteiger partial charge is 0.490 e. The van der Waals surface area contributed by atoms with Crippen LogP contribution in [0.4, 0.5) is 4.39 Å². The number of halogens is 1. The number of rotatable bonds is 11. The molecule has 1 aliphatic heterocycles. The molecule has 1 saturated heterocycles. The molecule has 1 N–H and O–H groups in total. The number of nitrogens with one attached hydrogen (secondary N) is 1. The number of likely N-dealkylation sites (tertiary alicyclic amines) is 1. The summed E-state index contributed by atoms with van der Waals surface area (Å²) in [4.78, 5) is 27.7. The Bertz CT molecular complexity index is 917. The summed E-state index contributed by atoms with van der Waals surface area (Å²) in [6.07, 6.45) is 4.01. The number of carbonyl (C=O) groups excluding carboxylic acids is 2. The number of benzene rings is 2. The highest BCUT2D eigenvalue weighted by Gasteiger charge is 2.18. The third-order valence-electron chi connectivity index (χ3n) is 5.25. The lowest BCUT2D eigenvalue weighted by molar-refractivity contribution is -0.134. The summed E-state index contributed by atoms with van der Waals surface area (Å²) < 4.78 is 24.3. The number of thioether (sulfide) groups is 1. The molecule has 1 aliphatic rings. The van der Waals surface area contributed by atoms with Gasteiger partial charge in [0.05, 0.1) is 6.61 Å². The fourth-order valence-corrected chi connectivity index (χ4v) is 4.36. The van der Waals surface area contributed by atoms with E-state index < -0.39 is 0 Å². The highest BCUT2D eigenvalue weighted by Crippen LogP contribution is 2.29. The van der Waals surface area contributed by atoms with Gasteiger partial charge in [-0.3, -0.25) is 9.59 Å². The Kier molecular flexibility index (Phi) is 9.87. The van der Waals surface area contributed by atoms with Crippen molar-refractivity contribution >= 4 is 23.6 Å². The fraction of sp³-hybridized carbons (Fsp3) is 0.440. The van der Waals surface area contributed by atoms with E-state index in [1.54, 1.807) is 42.1 Å². The molecule has 0 radical (unpaired) electrons. The molecule has 3 rings (SSSR count). The Morgan fingerprint density at radius 2 is 1.79 bits per heavy atom. The van der Waals surface area contributed by atoms with Crippen LogP contribution in [0, 0.1) is 5.82 Å². The quantitative estimate of drug-likeness (QED) is 0.383. The van der Waals surface area contributed by atoms with Crippen LogP contribution in [0.25, 0.3) is 0 Å². The summed E-state index contributed by atoms with van der Waals surface area (Å²) in [6.45, 7) is 4.32. The predicted molar refractivity (Wildman–Crippen MR) is 128 cm³/mol. The third kappa shape index (κ3) is 7.96. The van der Waals surface area contributed by atoms with Crippen LogP contribution in [-0.2, 0) is 4.79 Å². The van der Waals surface area contributed by atoms with E-state index in [4.69, 9.17) is 9.47 Å². The normalized spacial score (nSPS) is 13.5. The fourth-order valence-electron chi connectivity index (χ4n) is 3.51. The van der Waals surface area contributed by atoms with Gasteiger partial charge in [0, 0.05) is 30.1 Å². The SMILES string of the molecule is CCOc1cc(C(=O)NCCCSc2ccc(F)cc2)ccc1OCC(=O)N1CCCCC1. The molecule has 6 nitrogen and oxygen atoms in total. The molecule has 1 fully saturated rings. The summed E-state index contributed by atoms with van der Waals surface area (Å²) in [5.74, 6) is 1.24. The maximum absolute atomic E-state index is 12.9. The summed E-state index contributed by atoms with van der Waals surface area (Å²) in [5, 5.41) is 2.91. The van der Waals surface area contributed by atoms with Gasteiger partial charge in [0.15, 0.2) is 18.1 Å². The van der Waals surface area contributed by atoms with Crippen LogP contribution < -0.4 is 14.8 Å². The first-order valence-corrected chi connectivity index (χ1v) is 12.4. The van der Waals surface area contributed by atoms with E-state index in [1.165, 1.54) is 12.1 Å². The molecule has 0 bridgehead atoms. The van der Waals surface area contributed by atoms with Crippen LogP contribution in [0.15, 0.2) is 47.4 Å². The number of carbonyl (C=O) groups is 2. The minimum Gasteiger partial charge on any atom is -0.490 e. The number of nitrogens with zero attached hydrogens (tertiary/aromatic N) is 1. The van der Waals surface area contributed by atoms with Gasteiger partial charge in [0.2, 0.25) is 0 Å². The van der Waals surface area contributed by atoms with Crippen LogP contribution in [0.5, 0.6) is 11.5 Å². The molecule has 0 saturated carbocycles. The number of hydrogen-bond acceptors (Lipinski definition) is 5. The van der Waals surface area contributed by atoms with E-state index in [9.17, 15) is 14.0 Å². The van der Waals surface area contributed by atoms with Gasteiger partial charge in [-0.1, -0.05) is 0 Å². The third-order valence-corrected chi connectivity index (χ3v) is 6.35. The van der Waals surface area contributed by atoms with Crippen molar-refractivity contribution in [2.75, 3.05) is 38.6 Å². The smallest absolute Gasteiger partial charge is 0.260 e. The van der Waals surface area contributed by atoms with Crippen molar-refractivity contribution in [1.82, 2.24) is 10.2 Å². The van der Waals surface area contributed by atoms with Crippen molar-refractivity contribution in [3.05, 3.63) is 53.8 Å². The lowest BCUT2D eigenvalue weighted by Gasteiger charge is -2.26. The Morgan fingerprint density at radius 1 is 1.03 bits per heavy atom.